The maximum atomic E-state index is 4.41. The molecule has 7 rings (SSSR count). The molecule has 0 amide bonds. The molecule has 1 aliphatic carbocycles. The third kappa shape index (κ3) is 6.38. The van der Waals surface area contributed by atoms with Gasteiger partial charge < -0.3 is 9.80 Å². The zero-order valence-electron chi connectivity index (χ0n) is 33.1. The Morgan fingerprint density at radius 2 is 1.20 bits per heavy atom. The van der Waals surface area contributed by atoms with E-state index in [2.05, 4.69) is 193 Å². The fraction of sp³-hybridized carbons (Fsp3) is 0.132. The van der Waals surface area contributed by atoms with Crippen LogP contribution in [0.1, 0.15) is 65.3 Å². The molecule has 0 heterocycles. The van der Waals surface area contributed by atoms with Gasteiger partial charge in [0, 0.05) is 44.5 Å². The molecule has 0 fully saturated rings. The van der Waals surface area contributed by atoms with Gasteiger partial charge in [-0.25, -0.2) is 0 Å². The minimum atomic E-state index is -0.345. The highest BCUT2D eigenvalue weighted by Gasteiger charge is 2.39. The number of fused-ring (bicyclic) bond motifs is 3. The summed E-state index contributed by atoms with van der Waals surface area (Å²) in [7, 11) is 0. The summed E-state index contributed by atoms with van der Waals surface area (Å²) in [6, 6.07) is 43.7. The quantitative estimate of drug-likeness (QED) is 0.139. The van der Waals surface area contributed by atoms with Gasteiger partial charge >= 0.3 is 0 Å². The standard InChI is InChI=1S/C53H50N2/c1-11-42-43(12-2)52-46-32-31-41(54(39-27-23-35(5)24-28-39)49(13-3)44-21-17-15-19-37(44)7)33-47(46)53(9,10)48(52)34-51(42)55(40-29-25-36(6)26-30-40)50(14-4)45-22-18-16-20-38(45)8/h11-34H,1-2,4,8H2,3,5-7,9-10H3/b49-13+,50-45+. The van der Waals surface area contributed by atoms with Crippen molar-refractivity contribution < 1.29 is 0 Å². The van der Waals surface area contributed by atoms with Gasteiger partial charge in [-0.1, -0.05) is 148 Å². The molecule has 0 radical (unpaired) electrons. The van der Waals surface area contributed by atoms with E-state index in [4.69, 9.17) is 0 Å². The van der Waals surface area contributed by atoms with Crippen LogP contribution in [-0.4, -0.2) is 0 Å². The van der Waals surface area contributed by atoms with Crippen LogP contribution in [0, 0.1) is 20.8 Å². The smallest absolute Gasteiger partial charge is 0.0543 e. The van der Waals surface area contributed by atoms with Gasteiger partial charge in [-0.15, -0.1) is 0 Å². The van der Waals surface area contributed by atoms with Crippen molar-refractivity contribution in [2.75, 3.05) is 9.80 Å². The predicted octanol–water partition coefficient (Wildman–Crippen LogP) is 12.9. The molecule has 0 N–H and O–H groups in total. The first kappa shape index (κ1) is 37.0. The predicted molar refractivity (Wildman–Crippen MR) is 240 cm³/mol. The van der Waals surface area contributed by atoms with Crippen LogP contribution in [0.25, 0.3) is 41.3 Å². The molecule has 0 aliphatic heterocycles. The van der Waals surface area contributed by atoms with Crippen molar-refractivity contribution in [1.82, 2.24) is 0 Å². The lowest BCUT2D eigenvalue weighted by atomic mass is 9.81. The molecular weight excluding hydrogens is 665 g/mol. The number of nitrogens with zero attached hydrogens (tertiary/aromatic N) is 2. The Kier molecular flexibility index (Phi) is 9.95. The SMILES string of the molecule is C=C/C(=c1/ccccc1=C)N(c1ccc(C)cc1)c1cc2c(c(C=C)c1C=C)-c1ccc(N(/C(=C/C)c3ccccc3C)c3ccc(C)cc3)cc1C2(C)C. The number of anilines is 4. The number of hydrogen-bond acceptors (Lipinski definition) is 2. The summed E-state index contributed by atoms with van der Waals surface area (Å²) in [5, 5.41) is 1.95. The zero-order valence-corrected chi connectivity index (χ0v) is 33.1. The molecule has 0 saturated heterocycles. The van der Waals surface area contributed by atoms with Gasteiger partial charge in [0.05, 0.1) is 11.4 Å². The molecule has 6 aromatic carbocycles. The maximum Gasteiger partial charge on any atom is 0.0543 e. The third-order valence-electron chi connectivity index (χ3n) is 11.2. The third-order valence-corrected chi connectivity index (χ3v) is 11.2. The highest BCUT2D eigenvalue weighted by Crippen LogP contribution is 2.55. The summed E-state index contributed by atoms with van der Waals surface area (Å²) >= 11 is 0. The van der Waals surface area contributed by atoms with Gasteiger partial charge in [0.2, 0.25) is 0 Å². The molecule has 55 heavy (non-hydrogen) atoms. The summed E-state index contributed by atoms with van der Waals surface area (Å²) in [5.41, 5.74) is 17.9. The van der Waals surface area contributed by atoms with Crippen LogP contribution in [0.4, 0.5) is 22.7 Å². The van der Waals surface area contributed by atoms with Crippen LogP contribution in [0.15, 0.2) is 153 Å². The van der Waals surface area contributed by atoms with E-state index in [1.54, 1.807) is 0 Å². The van der Waals surface area contributed by atoms with Crippen LogP contribution < -0.4 is 20.2 Å². The van der Waals surface area contributed by atoms with Crippen LogP contribution in [-0.2, 0) is 5.41 Å². The zero-order chi connectivity index (χ0) is 39.0. The lowest BCUT2D eigenvalue weighted by molar-refractivity contribution is 0.660. The topological polar surface area (TPSA) is 6.48 Å². The van der Waals surface area contributed by atoms with Gasteiger partial charge in [-0.3, -0.25) is 0 Å². The molecule has 0 bridgehead atoms. The van der Waals surface area contributed by atoms with E-state index >= 15 is 0 Å². The average molecular weight is 715 g/mol. The Bertz CT molecular complexity index is 2620. The summed E-state index contributed by atoms with van der Waals surface area (Å²) in [4.78, 5) is 4.71. The number of rotatable bonds is 10. The first-order valence-electron chi connectivity index (χ1n) is 19.0. The van der Waals surface area contributed by atoms with E-state index in [0.29, 0.717) is 0 Å². The summed E-state index contributed by atoms with van der Waals surface area (Å²) < 4.78 is 0. The van der Waals surface area contributed by atoms with Gasteiger partial charge in [-0.05, 0) is 115 Å². The lowest BCUT2D eigenvalue weighted by Gasteiger charge is -2.32. The highest BCUT2D eigenvalue weighted by atomic mass is 15.2. The van der Waals surface area contributed by atoms with E-state index in [1.807, 2.05) is 30.4 Å². The van der Waals surface area contributed by atoms with Gasteiger partial charge in [-0.2, -0.15) is 0 Å². The molecule has 2 nitrogen and oxygen atoms in total. The molecule has 0 saturated carbocycles. The second-order valence-corrected chi connectivity index (χ2v) is 15.0. The number of hydrogen-bond donors (Lipinski definition) is 0. The fourth-order valence-electron chi connectivity index (χ4n) is 8.23. The van der Waals surface area contributed by atoms with Gasteiger partial charge in [0.1, 0.15) is 0 Å². The largest absolute Gasteiger partial charge is 0.310 e. The molecule has 272 valence electrons. The first-order valence-corrected chi connectivity index (χ1v) is 19.0. The Morgan fingerprint density at radius 1 is 0.618 bits per heavy atom. The molecular formula is C53H50N2. The minimum Gasteiger partial charge on any atom is -0.310 e. The molecule has 6 aromatic rings. The Morgan fingerprint density at radius 3 is 1.78 bits per heavy atom. The Labute approximate surface area is 327 Å². The van der Waals surface area contributed by atoms with Crippen molar-refractivity contribution in [3.05, 3.63) is 208 Å². The van der Waals surface area contributed by atoms with Crippen molar-refractivity contribution in [3.63, 3.8) is 0 Å². The Balaban J connectivity index is 1.49. The molecule has 0 unspecified atom stereocenters. The molecule has 2 heteroatoms. The van der Waals surface area contributed by atoms with Crippen molar-refractivity contribution >= 4 is 52.9 Å². The van der Waals surface area contributed by atoms with E-state index in [-0.39, 0.29) is 5.41 Å². The normalized spacial score (nSPS) is 13.4. The Hall–Kier alpha value is -6.38. The monoisotopic (exact) mass is 714 g/mol. The lowest BCUT2D eigenvalue weighted by Crippen LogP contribution is -2.31. The van der Waals surface area contributed by atoms with Crippen LogP contribution in [0.2, 0.25) is 0 Å². The van der Waals surface area contributed by atoms with Crippen molar-refractivity contribution in [2.45, 2.75) is 47.0 Å². The summed E-state index contributed by atoms with van der Waals surface area (Å²) in [5.74, 6) is 0. The second-order valence-electron chi connectivity index (χ2n) is 15.0. The molecule has 0 atom stereocenters. The van der Waals surface area contributed by atoms with E-state index in [0.717, 1.165) is 55.7 Å². The number of allylic oxidation sites excluding steroid dienone is 1. The van der Waals surface area contributed by atoms with Crippen LogP contribution in [0.3, 0.4) is 0 Å². The molecule has 1 aliphatic rings. The number of benzene rings is 6. The van der Waals surface area contributed by atoms with E-state index in [9.17, 15) is 0 Å². The number of aryl methyl sites for hydroxylation is 3. The summed E-state index contributed by atoms with van der Waals surface area (Å²) in [6.45, 7) is 30.8. The van der Waals surface area contributed by atoms with Crippen molar-refractivity contribution in [2.24, 2.45) is 0 Å². The van der Waals surface area contributed by atoms with Gasteiger partial charge in [0.15, 0.2) is 0 Å². The van der Waals surface area contributed by atoms with Gasteiger partial charge in [0.25, 0.3) is 0 Å². The van der Waals surface area contributed by atoms with Crippen LogP contribution in [0.5, 0.6) is 0 Å². The van der Waals surface area contributed by atoms with Crippen LogP contribution >= 0.6 is 0 Å². The summed E-state index contributed by atoms with van der Waals surface area (Å²) in [6.07, 6.45) is 8.15. The van der Waals surface area contributed by atoms with E-state index < -0.39 is 0 Å². The maximum absolute atomic E-state index is 4.41. The average Bonchev–Trinajstić information content (AvgIpc) is 3.41. The fourth-order valence-corrected chi connectivity index (χ4v) is 8.23. The molecule has 0 spiro atoms. The molecule has 0 aromatic heterocycles. The second kappa shape index (κ2) is 14.8. The van der Waals surface area contributed by atoms with Crippen molar-refractivity contribution in [3.8, 4) is 11.1 Å². The minimum absolute atomic E-state index is 0.345. The highest BCUT2D eigenvalue weighted by molar-refractivity contribution is 5.99. The van der Waals surface area contributed by atoms with Crippen molar-refractivity contribution in [1.29, 1.82) is 0 Å². The van der Waals surface area contributed by atoms with E-state index in [1.165, 1.54) is 44.5 Å². The first-order chi connectivity index (χ1) is 26.5.